The Bertz CT molecular complexity index is 2520. The summed E-state index contributed by atoms with van der Waals surface area (Å²) in [5, 5.41) is 31.4. The van der Waals surface area contributed by atoms with Crippen LogP contribution in [0.15, 0.2) is 237 Å². The predicted molar refractivity (Wildman–Crippen MR) is 250 cm³/mol. The summed E-state index contributed by atoms with van der Waals surface area (Å²) in [6, 6.07) is 77.4. The predicted octanol–water partition coefficient (Wildman–Crippen LogP) is 14.7. The summed E-state index contributed by atoms with van der Waals surface area (Å²) in [5.74, 6) is 0.578. The molecule has 0 radical (unpaired) electrons. The molecule has 296 valence electrons. The molecule has 9 rings (SSSR count). The van der Waals surface area contributed by atoms with Crippen LogP contribution in [0.4, 0.5) is 68.2 Å². The van der Waals surface area contributed by atoms with Gasteiger partial charge in [0.15, 0.2) is 0 Å². The van der Waals surface area contributed by atoms with Gasteiger partial charge in [0, 0.05) is 86.4 Å². The highest BCUT2D eigenvalue weighted by Gasteiger charge is 2.20. The van der Waals surface area contributed by atoms with Gasteiger partial charge in [-0.25, -0.2) is 0 Å². The zero-order chi connectivity index (χ0) is 41.5. The average Bonchev–Trinajstić information content (AvgIpc) is 3.30. The smallest absolute Gasteiger partial charge is 0.117 e. The molecule has 0 aromatic heterocycles. The molecule has 0 saturated heterocycles. The molecule has 0 spiro atoms. The van der Waals surface area contributed by atoms with Crippen LogP contribution < -0.4 is 19.6 Å². The second-order valence-electron chi connectivity index (χ2n) is 14.5. The number of nitrogens with zero attached hydrogens (tertiary/aromatic N) is 4. The van der Waals surface area contributed by atoms with Gasteiger partial charge in [0.25, 0.3) is 0 Å². The second kappa shape index (κ2) is 17.2. The van der Waals surface area contributed by atoms with Crippen LogP contribution in [0.3, 0.4) is 0 Å². The lowest BCUT2D eigenvalue weighted by Gasteiger charge is -2.30. The van der Waals surface area contributed by atoms with E-state index in [9.17, 15) is 15.3 Å². The molecule has 0 atom stereocenters. The lowest BCUT2D eigenvalue weighted by Crippen LogP contribution is -2.13. The van der Waals surface area contributed by atoms with Crippen molar-refractivity contribution in [2.75, 3.05) is 19.6 Å². The Morgan fingerprint density at radius 1 is 0.180 bits per heavy atom. The molecule has 0 aliphatic heterocycles. The van der Waals surface area contributed by atoms with Crippen LogP contribution in [0, 0.1) is 0 Å². The lowest BCUT2D eigenvalue weighted by molar-refractivity contribution is 0.475. The van der Waals surface area contributed by atoms with Crippen LogP contribution >= 0.6 is 0 Å². The molecule has 7 nitrogen and oxygen atoms in total. The normalized spacial score (nSPS) is 10.8. The fourth-order valence-corrected chi connectivity index (χ4v) is 7.67. The van der Waals surface area contributed by atoms with Gasteiger partial charge in [-0.05, 0) is 146 Å². The van der Waals surface area contributed by atoms with Gasteiger partial charge >= 0.3 is 0 Å². The number of rotatable bonds is 12. The zero-order valence-electron chi connectivity index (χ0n) is 33.1. The first-order valence-electron chi connectivity index (χ1n) is 20.0. The summed E-state index contributed by atoms with van der Waals surface area (Å²) in [7, 11) is 0. The Balaban J connectivity index is 1.14. The zero-order valence-corrected chi connectivity index (χ0v) is 33.1. The first kappa shape index (κ1) is 38.1. The van der Waals surface area contributed by atoms with E-state index in [1.165, 1.54) is 0 Å². The van der Waals surface area contributed by atoms with E-state index in [0.29, 0.717) is 0 Å². The third-order valence-corrected chi connectivity index (χ3v) is 10.4. The number of benzene rings is 9. The van der Waals surface area contributed by atoms with Crippen LogP contribution in [0.5, 0.6) is 17.2 Å². The van der Waals surface area contributed by atoms with Gasteiger partial charge in [0.05, 0.1) is 0 Å². The van der Waals surface area contributed by atoms with E-state index in [4.69, 9.17) is 0 Å². The van der Waals surface area contributed by atoms with Crippen LogP contribution in [0.1, 0.15) is 0 Å². The minimum absolute atomic E-state index is 0.193. The molecular weight excluding hydrogens is 753 g/mol. The maximum atomic E-state index is 10.5. The summed E-state index contributed by atoms with van der Waals surface area (Å²) in [5.41, 5.74) is 11.0. The number of anilines is 12. The van der Waals surface area contributed by atoms with Crippen LogP contribution in [0.25, 0.3) is 0 Å². The lowest BCUT2D eigenvalue weighted by atomic mass is 10.1. The van der Waals surface area contributed by atoms with Crippen molar-refractivity contribution in [3.63, 3.8) is 0 Å². The van der Waals surface area contributed by atoms with E-state index in [0.717, 1.165) is 68.2 Å². The van der Waals surface area contributed by atoms with Crippen molar-refractivity contribution in [1.29, 1.82) is 0 Å². The van der Waals surface area contributed by atoms with Crippen molar-refractivity contribution < 1.29 is 15.3 Å². The van der Waals surface area contributed by atoms with Crippen LogP contribution in [-0.2, 0) is 0 Å². The maximum absolute atomic E-state index is 10.5. The third kappa shape index (κ3) is 8.30. The number of para-hydroxylation sites is 3. The molecule has 7 heteroatoms. The average molecular weight is 795 g/mol. The summed E-state index contributed by atoms with van der Waals surface area (Å²) >= 11 is 0. The molecule has 0 aliphatic rings. The minimum atomic E-state index is 0.193. The Labute approximate surface area is 355 Å². The number of phenols is 3. The molecule has 0 bridgehead atoms. The Hall–Kier alpha value is -8.42. The highest BCUT2D eigenvalue weighted by atomic mass is 16.3. The largest absolute Gasteiger partial charge is 0.508 e. The molecular formula is C54H42N4O3. The van der Waals surface area contributed by atoms with E-state index in [2.05, 4.69) is 129 Å². The standard InChI is InChI=1S/C54H42N4O3/c59-52-22-10-19-49(37-52)56(40-13-4-1-5-14-40)46-31-25-43(26-32-46)55(44-27-33-47(34-28-44)57(41-15-6-2-7-16-41)50-20-11-23-53(60)38-50)45-29-35-48(36-30-45)58(42-17-8-3-9-18-42)51-21-12-24-54(61)39-51/h1-39,59-61H. The van der Waals surface area contributed by atoms with Crippen molar-refractivity contribution in [2.45, 2.75) is 0 Å². The fraction of sp³-hybridized carbons (Fsp3) is 0. The molecule has 0 fully saturated rings. The molecule has 61 heavy (non-hydrogen) atoms. The number of hydrogen-bond acceptors (Lipinski definition) is 7. The first-order valence-corrected chi connectivity index (χ1v) is 20.0. The van der Waals surface area contributed by atoms with Gasteiger partial charge in [-0.15, -0.1) is 0 Å². The van der Waals surface area contributed by atoms with E-state index in [-0.39, 0.29) is 17.2 Å². The Morgan fingerprint density at radius 3 is 0.574 bits per heavy atom. The number of aromatic hydroxyl groups is 3. The quantitative estimate of drug-likeness (QED) is 0.114. The molecule has 0 aliphatic carbocycles. The van der Waals surface area contributed by atoms with Gasteiger partial charge in [-0.3, -0.25) is 0 Å². The topological polar surface area (TPSA) is 73.7 Å². The van der Waals surface area contributed by atoms with Gasteiger partial charge < -0.3 is 34.9 Å². The molecule has 3 N–H and O–H groups in total. The SMILES string of the molecule is Oc1cccc(N(c2ccccc2)c2ccc(N(c3ccc(N(c4ccccc4)c4cccc(O)c4)cc3)c3ccc(N(c4ccccc4)c4cccc(O)c4)cc3)cc2)c1. The Kier molecular flexibility index (Phi) is 10.8. The molecule has 0 heterocycles. The number of phenolic OH excluding ortho intramolecular Hbond substituents is 3. The molecule has 9 aromatic carbocycles. The van der Waals surface area contributed by atoms with Crippen LogP contribution in [-0.4, -0.2) is 15.3 Å². The summed E-state index contributed by atoms with van der Waals surface area (Å²) in [6.07, 6.45) is 0. The molecule has 0 saturated carbocycles. The minimum Gasteiger partial charge on any atom is -0.508 e. The first-order chi connectivity index (χ1) is 30.0. The second-order valence-corrected chi connectivity index (χ2v) is 14.5. The van der Waals surface area contributed by atoms with Crippen molar-refractivity contribution in [2.24, 2.45) is 0 Å². The molecule has 0 unspecified atom stereocenters. The van der Waals surface area contributed by atoms with E-state index in [1.807, 2.05) is 91.0 Å². The van der Waals surface area contributed by atoms with Crippen molar-refractivity contribution in [3.05, 3.63) is 237 Å². The van der Waals surface area contributed by atoms with Crippen molar-refractivity contribution in [1.82, 2.24) is 0 Å². The van der Waals surface area contributed by atoms with Crippen molar-refractivity contribution >= 4 is 68.2 Å². The van der Waals surface area contributed by atoms with Gasteiger partial charge in [-0.2, -0.15) is 0 Å². The van der Waals surface area contributed by atoms with Gasteiger partial charge in [0.2, 0.25) is 0 Å². The van der Waals surface area contributed by atoms with Gasteiger partial charge in [0.1, 0.15) is 17.2 Å². The highest BCUT2D eigenvalue weighted by molar-refractivity contribution is 5.85. The monoisotopic (exact) mass is 794 g/mol. The Morgan fingerprint density at radius 2 is 0.361 bits per heavy atom. The molecule has 9 aromatic rings. The number of hydrogen-bond donors (Lipinski definition) is 3. The highest BCUT2D eigenvalue weighted by Crippen LogP contribution is 2.43. The van der Waals surface area contributed by atoms with E-state index < -0.39 is 0 Å². The van der Waals surface area contributed by atoms with Crippen molar-refractivity contribution in [3.8, 4) is 17.2 Å². The summed E-state index contributed by atoms with van der Waals surface area (Å²) in [6.45, 7) is 0. The summed E-state index contributed by atoms with van der Waals surface area (Å²) < 4.78 is 0. The maximum Gasteiger partial charge on any atom is 0.117 e. The fourth-order valence-electron chi connectivity index (χ4n) is 7.67. The molecule has 0 amide bonds. The van der Waals surface area contributed by atoms with Gasteiger partial charge in [-0.1, -0.05) is 72.8 Å². The van der Waals surface area contributed by atoms with Crippen LogP contribution in [0.2, 0.25) is 0 Å². The third-order valence-electron chi connectivity index (χ3n) is 10.4. The van der Waals surface area contributed by atoms with E-state index >= 15 is 0 Å². The summed E-state index contributed by atoms with van der Waals surface area (Å²) in [4.78, 5) is 8.59. The van der Waals surface area contributed by atoms with E-state index in [1.54, 1.807) is 36.4 Å².